The number of amides is 1. The molecule has 4 aromatic carbocycles. The number of carbonyl (C=O) groups is 3. The van der Waals surface area contributed by atoms with Gasteiger partial charge in [-0.1, -0.05) is 76.6 Å². The summed E-state index contributed by atoms with van der Waals surface area (Å²) in [5, 5.41) is 2.75. The average molecular weight is 514 g/mol. The van der Waals surface area contributed by atoms with Gasteiger partial charge in [0, 0.05) is 21.3 Å². The maximum Gasteiger partial charge on any atom is 0.338 e. The molecule has 5 nitrogen and oxygen atoms in total. The summed E-state index contributed by atoms with van der Waals surface area (Å²) in [6, 6.07) is 30.3. The largest absolute Gasteiger partial charge is 0.454 e. The molecule has 0 aromatic heterocycles. The molecule has 0 spiro atoms. The number of ether oxygens (including phenoxy) is 1. The summed E-state index contributed by atoms with van der Waals surface area (Å²) in [5.41, 5.74) is 3.69. The van der Waals surface area contributed by atoms with Crippen LogP contribution in [-0.2, 0) is 4.74 Å². The van der Waals surface area contributed by atoms with E-state index in [-0.39, 0.29) is 23.9 Å². The number of nitrogens with one attached hydrogen (secondary N) is 1. The van der Waals surface area contributed by atoms with E-state index in [0.29, 0.717) is 16.8 Å². The molecule has 0 saturated carbocycles. The van der Waals surface area contributed by atoms with Crippen LogP contribution < -0.4 is 5.32 Å². The van der Waals surface area contributed by atoms with Crippen LogP contribution in [0.5, 0.6) is 0 Å². The first-order valence-electron chi connectivity index (χ1n) is 10.5. The molecule has 0 aliphatic heterocycles. The third kappa shape index (κ3) is 5.85. The van der Waals surface area contributed by atoms with Crippen molar-refractivity contribution in [3.8, 4) is 11.1 Å². The fourth-order valence-corrected chi connectivity index (χ4v) is 3.57. The van der Waals surface area contributed by atoms with Crippen LogP contribution in [0.2, 0.25) is 0 Å². The van der Waals surface area contributed by atoms with Crippen molar-refractivity contribution in [1.82, 2.24) is 0 Å². The molecule has 0 fully saturated rings. The predicted molar refractivity (Wildman–Crippen MR) is 135 cm³/mol. The van der Waals surface area contributed by atoms with Gasteiger partial charge in [0.05, 0.1) is 5.56 Å². The van der Waals surface area contributed by atoms with Gasteiger partial charge in [0.25, 0.3) is 5.91 Å². The van der Waals surface area contributed by atoms with Gasteiger partial charge in [0.15, 0.2) is 12.4 Å². The van der Waals surface area contributed by atoms with Gasteiger partial charge < -0.3 is 10.1 Å². The van der Waals surface area contributed by atoms with E-state index in [1.807, 2.05) is 42.5 Å². The van der Waals surface area contributed by atoms with Crippen LogP contribution in [-0.4, -0.2) is 24.3 Å². The molecule has 0 atom stereocenters. The molecular formula is C28H20BrNO4. The van der Waals surface area contributed by atoms with Crippen LogP contribution in [0.4, 0.5) is 5.69 Å². The third-order valence-corrected chi connectivity index (χ3v) is 5.64. The van der Waals surface area contributed by atoms with Crippen LogP contribution in [0, 0.1) is 0 Å². The van der Waals surface area contributed by atoms with E-state index in [9.17, 15) is 14.4 Å². The minimum Gasteiger partial charge on any atom is -0.454 e. The Hall–Kier alpha value is -4.03. The number of carbonyl (C=O) groups excluding carboxylic acids is 3. The van der Waals surface area contributed by atoms with Gasteiger partial charge in [-0.05, 0) is 53.6 Å². The van der Waals surface area contributed by atoms with Gasteiger partial charge >= 0.3 is 5.97 Å². The molecule has 6 heteroatoms. The second kappa shape index (κ2) is 10.7. The molecule has 1 amide bonds. The zero-order valence-electron chi connectivity index (χ0n) is 18.0. The quantitative estimate of drug-likeness (QED) is 0.229. The van der Waals surface area contributed by atoms with E-state index in [2.05, 4.69) is 21.2 Å². The molecule has 0 bridgehead atoms. The van der Waals surface area contributed by atoms with Crippen LogP contribution in [0.1, 0.15) is 31.1 Å². The number of rotatable bonds is 7. The molecule has 4 aromatic rings. The average Bonchev–Trinajstić information content (AvgIpc) is 2.88. The first-order chi connectivity index (χ1) is 16.5. The van der Waals surface area contributed by atoms with Crippen LogP contribution in [0.25, 0.3) is 11.1 Å². The van der Waals surface area contributed by atoms with Crippen molar-refractivity contribution in [1.29, 1.82) is 0 Å². The van der Waals surface area contributed by atoms with Gasteiger partial charge in [-0.3, -0.25) is 9.59 Å². The molecule has 0 radical (unpaired) electrons. The molecule has 0 saturated heterocycles. The molecule has 0 aliphatic rings. The summed E-state index contributed by atoms with van der Waals surface area (Å²) in [6.45, 7) is -0.376. The summed E-state index contributed by atoms with van der Waals surface area (Å²) in [4.78, 5) is 37.4. The first kappa shape index (κ1) is 23.1. The second-order valence-electron chi connectivity index (χ2n) is 7.48. The third-order valence-electron chi connectivity index (χ3n) is 5.11. The van der Waals surface area contributed by atoms with E-state index in [0.717, 1.165) is 15.6 Å². The van der Waals surface area contributed by atoms with Crippen LogP contribution in [0.3, 0.4) is 0 Å². The van der Waals surface area contributed by atoms with Crippen molar-refractivity contribution in [2.75, 3.05) is 11.9 Å². The van der Waals surface area contributed by atoms with Crippen LogP contribution >= 0.6 is 15.9 Å². The standard InChI is InChI=1S/C28H20BrNO4/c29-24-15-13-22(14-16-24)27(32)30-25-8-4-7-23(17-25)28(33)34-18-26(31)21-11-9-20(10-12-21)19-5-2-1-3-6-19/h1-17H,18H2,(H,30,32). The smallest absolute Gasteiger partial charge is 0.338 e. The van der Waals surface area contributed by atoms with E-state index in [4.69, 9.17) is 4.74 Å². The number of Topliss-reactive ketones (excluding diaryl/α,β-unsaturated/α-hetero) is 1. The van der Waals surface area contributed by atoms with E-state index in [1.165, 1.54) is 6.07 Å². The van der Waals surface area contributed by atoms with E-state index < -0.39 is 5.97 Å². The summed E-state index contributed by atoms with van der Waals surface area (Å²) in [7, 11) is 0. The van der Waals surface area contributed by atoms with Gasteiger partial charge in [0.2, 0.25) is 0 Å². The number of esters is 1. The summed E-state index contributed by atoms with van der Waals surface area (Å²) in [5.74, 6) is -1.24. The van der Waals surface area contributed by atoms with Crippen molar-refractivity contribution in [3.05, 3.63) is 124 Å². The Morgan fingerprint density at radius 1 is 0.676 bits per heavy atom. The predicted octanol–water partition coefficient (Wildman–Crippen LogP) is 6.41. The molecule has 0 aliphatic carbocycles. The summed E-state index contributed by atoms with van der Waals surface area (Å²) in [6.07, 6.45) is 0. The Morgan fingerprint density at radius 3 is 2.03 bits per heavy atom. The minimum absolute atomic E-state index is 0.237. The van der Waals surface area contributed by atoms with Crippen molar-refractivity contribution >= 4 is 39.3 Å². The highest BCUT2D eigenvalue weighted by Crippen LogP contribution is 2.20. The zero-order valence-corrected chi connectivity index (χ0v) is 19.6. The Balaban J connectivity index is 1.35. The highest BCUT2D eigenvalue weighted by atomic mass is 79.9. The van der Waals surface area contributed by atoms with Crippen molar-refractivity contribution < 1.29 is 19.1 Å². The summed E-state index contributed by atoms with van der Waals surface area (Å²) >= 11 is 3.33. The van der Waals surface area contributed by atoms with E-state index in [1.54, 1.807) is 54.6 Å². The van der Waals surface area contributed by atoms with Gasteiger partial charge in [0.1, 0.15) is 0 Å². The summed E-state index contributed by atoms with van der Waals surface area (Å²) < 4.78 is 6.08. The lowest BCUT2D eigenvalue weighted by Crippen LogP contribution is -2.15. The maximum absolute atomic E-state index is 12.5. The highest BCUT2D eigenvalue weighted by Gasteiger charge is 2.14. The Labute approximate surface area is 205 Å². The Kier molecular flexibility index (Phi) is 7.30. The fourth-order valence-electron chi connectivity index (χ4n) is 3.31. The SMILES string of the molecule is O=C(COC(=O)c1cccc(NC(=O)c2ccc(Br)cc2)c1)c1ccc(-c2ccccc2)cc1. The topological polar surface area (TPSA) is 72.5 Å². The van der Waals surface area contributed by atoms with Gasteiger partial charge in [-0.15, -0.1) is 0 Å². The number of anilines is 1. The van der Waals surface area contributed by atoms with Crippen molar-refractivity contribution in [3.63, 3.8) is 0 Å². The zero-order chi connectivity index (χ0) is 23.9. The van der Waals surface area contributed by atoms with E-state index >= 15 is 0 Å². The molecule has 0 heterocycles. The lowest BCUT2D eigenvalue weighted by Gasteiger charge is -2.08. The lowest BCUT2D eigenvalue weighted by molar-refractivity contribution is 0.0474. The second-order valence-corrected chi connectivity index (χ2v) is 8.40. The monoisotopic (exact) mass is 513 g/mol. The number of halogens is 1. The Morgan fingerprint density at radius 2 is 1.32 bits per heavy atom. The van der Waals surface area contributed by atoms with Crippen LogP contribution in [0.15, 0.2) is 108 Å². The van der Waals surface area contributed by atoms with Gasteiger partial charge in [-0.25, -0.2) is 4.79 Å². The Bertz CT molecular complexity index is 1320. The van der Waals surface area contributed by atoms with Crippen molar-refractivity contribution in [2.45, 2.75) is 0 Å². The molecule has 4 rings (SSSR count). The molecule has 0 unspecified atom stereocenters. The minimum atomic E-state index is -0.644. The number of hydrogen-bond donors (Lipinski definition) is 1. The molecule has 1 N–H and O–H groups in total. The van der Waals surface area contributed by atoms with Crippen molar-refractivity contribution in [2.24, 2.45) is 0 Å². The number of ketones is 1. The normalized spacial score (nSPS) is 10.4. The molecule has 168 valence electrons. The molecular weight excluding hydrogens is 494 g/mol. The lowest BCUT2D eigenvalue weighted by atomic mass is 10.0. The number of benzene rings is 4. The first-order valence-corrected chi connectivity index (χ1v) is 11.3. The van der Waals surface area contributed by atoms with Gasteiger partial charge in [-0.2, -0.15) is 0 Å². The highest BCUT2D eigenvalue weighted by molar-refractivity contribution is 9.10. The fraction of sp³-hybridized carbons (Fsp3) is 0.0357. The molecule has 34 heavy (non-hydrogen) atoms. The number of hydrogen-bond acceptors (Lipinski definition) is 4. The maximum atomic E-state index is 12.5.